The number of fused-ring (bicyclic) bond motifs is 1. The Kier molecular flexibility index (Phi) is 4.40. The average Bonchev–Trinajstić information content (AvgIpc) is 2.69. The van der Waals surface area contributed by atoms with Crippen LogP contribution in [-0.2, 0) is 0 Å². The van der Waals surface area contributed by atoms with E-state index in [1.807, 2.05) is 30.3 Å². The molecule has 136 valence electrons. The van der Waals surface area contributed by atoms with E-state index in [0.717, 1.165) is 11.3 Å². The SMILES string of the molecule is CC(C)c1ccc([C@H]2Nc3ccccc3C(=O)N2c2ccc(F)cc2)cc1. The molecule has 0 saturated heterocycles. The van der Waals surface area contributed by atoms with E-state index in [1.54, 1.807) is 23.1 Å². The third kappa shape index (κ3) is 3.19. The molecule has 1 aliphatic heterocycles. The fraction of sp³-hybridized carbons (Fsp3) is 0.174. The zero-order valence-corrected chi connectivity index (χ0v) is 15.3. The van der Waals surface area contributed by atoms with E-state index in [2.05, 4.69) is 31.3 Å². The molecule has 0 radical (unpaired) electrons. The molecule has 1 N–H and O–H groups in total. The van der Waals surface area contributed by atoms with Crippen LogP contribution in [0.2, 0.25) is 0 Å². The van der Waals surface area contributed by atoms with Crippen molar-refractivity contribution in [1.82, 2.24) is 0 Å². The summed E-state index contributed by atoms with van der Waals surface area (Å²) in [5.74, 6) is 0.0113. The van der Waals surface area contributed by atoms with Crippen molar-refractivity contribution in [3.63, 3.8) is 0 Å². The third-order valence-corrected chi connectivity index (χ3v) is 4.95. The summed E-state index contributed by atoms with van der Waals surface area (Å²) < 4.78 is 13.4. The van der Waals surface area contributed by atoms with Gasteiger partial charge in [0.25, 0.3) is 5.91 Å². The first kappa shape index (κ1) is 17.3. The Hall–Kier alpha value is -3.14. The summed E-state index contributed by atoms with van der Waals surface area (Å²) in [6.07, 6.45) is -0.362. The van der Waals surface area contributed by atoms with E-state index in [4.69, 9.17) is 0 Å². The van der Waals surface area contributed by atoms with Gasteiger partial charge in [0.2, 0.25) is 0 Å². The Morgan fingerprint density at radius 2 is 1.59 bits per heavy atom. The lowest BCUT2D eigenvalue weighted by atomic mass is 9.98. The number of anilines is 2. The molecule has 0 aromatic heterocycles. The predicted molar refractivity (Wildman–Crippen MR) is 107 cm³/mol. The first-order chi connectivity index (χ1) is 13.0. The number of halogens is 1. The second kappa shape index (κ2) is 6.88. The molecule has 0 unspecified atom stereocenters. The van der Waals surface area contributed by atoms with E-state index in [-0.39, 0.29) is 17.9 Å². The molecule has 0 fully saturated rings. The number of carbonyl (C=O) groups excluding carboxylic acids is 1. The minimum Gasteiger partial charge on any atom is -0.360 e. The fourth-order valence-corrected chi connectivity index (χ4v) is 3.42. The lowest BCUT2D eigenvalue weighted by Crippen LogP contribution is -2.43. The molecule has 1 amide bonds. The number of hydrogen-bond acceptors (Lipinski definition) is 2. The van der Waals surface area contributed by atoms with Gasteiger partial charge < -0.3 is 5.32 Å². The molecule has 3 aromatic rings. The maximum atomic E-state index is 13.4. The lowest BCUT2D eigenvalue weighted by molar-refractivity contribution is 0.0975. The summed E-state index contributed by atoms with van der Waals surface area (Å²) in [5.41, 5.74) is 4.29. The molecular formula is C23H21FN2O. The third-order valence-electron chi connectivity index (χ3n) is 4.95. The number of benzene rings is 3. The zero-order chi connectivity index (χ0) is 19.0. The minimum atomic E-state index is -0.362. The molecule has 1 atom stereocenters. The number of nitrogens with one attached hydrogen (secondary N) is 1. The number of amides is 1. The van der Waals surface area contributed by atoms with E-state index in [0.29, 0.717) is 17.2 Å². The standard InChI is InChI=1S/C23H21FN2O/c1-15(2)16-7-9-17(10-8-16)22-25-21-6-4-3-5-20(21)23(27)26(22)19-13-11-18(24)12-14-19/h3-15,22,25H,1-2H3/t22-/m0/s1. The molecule has 3 aromatic carbocycles. The van der Waals surface area contributed by atoms with Crippen molar-refractivity contribution < 1.29 is 9.18 Å². The molecule has 1 aliphatic rings. The van der Waals surface area contributed by atoms with Gasteiger partial charge >= 0.3 is 0 Å². The summed E-state index contributed by atoms with van der Waals surface area (Å²) in [6, 6.07) is 21.8. The van der Waals surface area contributed by atoms with Crippen LogP contribution in [0.1, 0.15) is 47.4 Å². The summed E-state index contributed by atoms with van der Waals surface area (Å²) in [5, 5.41) is 3.47. The summed E-state index contributed by atoms with van der Waals surface area (Å²) in [4.78, 5) is 14.9. The van der Waals surface area contributed by atoms with Gasteiger partial charge in [-0.15, -0.1) is 0 Å². The number of carbonyl (C=O) groups is 1. The van der Waals surface area contributed by atoms with Crippen LogP contribution in [-0.4, -0.2) is 5.91 Å². The van der Waals surface area contributed by atoms with Crippen LogP contribution >= 0.6 is 0 Å². The first-order valence-corrected chi connectivity index (χ1v) is 9.09. The smallest absolute Gasteiger partial charge is 0.262 e. The van der Waals surface area contributed by atoms with Crippen molar-refractivity contribution in [2.24, 2.45) is 0 Å². The van der Waals surface area contributed by atoms with Crippen LogP contribution in [0.4, 0.5) is 15.8 Å². The molecule has 4 heteroatoms. The van der Waals surface area contributed by atoms with Crippen molar-refractivity contribution in [2.45, 2.75) is 25.9 Å². The fourth-order valence-electron chi connectivity index (χ4n) is 3.42. The highest BCUT2D eigenvalue weighted by molar-refractivity contribution is 6.12. The predicted octanol–water partition coefficient (Wildman–Crippen LogP) is 5.72. The van der Waals surface area contributed by atoms with E-state index in [1.165, 1.54) is 17.7 Å². The topological polar surface area (TPSA) is 32.3 Å². The molecule has 0 spiro atoms. The number of hydrogen-bond donors (Lipinski definition) is 1. The van der Waals surface area contributed by atoms with Gasteiger partial charge in [-0.3, -0.25) is 9.69 Å². The number of rotatable bonds is 3. The summed E-state index contributed by atoms with van der Waals surface area (Å²) in [7, 11) is 0. The van der Waals surface area contributed by atoms with Crippen LogP contribution < -0.4 is 10.2 Å². The number of para-hydroxylation sites is 1. The Morgan fingerprint density at radius 3 is 2.26 bits per heavy atom. The van der Waals surface area contributed by atoms with Gasteiger partial charge in [0.15, 0.2) is 0 Å². The van der Waals surface area contributed by atoms with Crippen LogP contribution in [0.25, 0.3) is 0 Å². The van der Waals surface area contributed by atoms with Gasteiger partial charge in [0, 0.05) is 11.4 Å². The van der Waals surface area contributed by atoms with Crippen molar-refractivity contribution in [1.29, 1.82) is 0 Å². The summed E-state index contributed by atoms with van der Waals surface area (Å²) in [6.45, 7) is 4.30. The molecule has 0 bridgehead atoms. The van der Waals surface area contributed by atoms with Crippen molar-refractivity contribution in [3.05, 3.63) is 95.3 Å². The number of nitrogens with zero attached hydrogens (tertiary/aromatic N) is 1. The van der Waals surface area contributed by atoms with Gasteiger partial charge in [-0.2, -0.15) is 0 Å². The summed E-state index contributed by atoms with van der Waals surface area (Å²) >= 11 is 0. The second-order valence-electron chi connectivity index (χ2n) is 7.07. The Balaban J connectivity index is 1.81. The van der Waals surface area contributed by atoms with Crippen molar-refractivity contribution in [3.8, 4) is 0 Å². The highest BCUT2D eigenvalue weighted by atomic mass is 19.1. The van der Waals surface area contributed by atoms with E-state index in [9.17, 15) is 9.18 Å². The van der Waals surface area contributed by atoms with Crippen molar-refractivity contribution >= 4 is 17.3 Å². The van der Waals surface area contributed by atoms with Crippen LogP contribution in [0.3, 0.4) is 0 Å². The Labute approximate surface area is 158 Å². The van der Waals surface area contributed by atoms with E-state index < -0.39 is 0 Å². The van der Waals surface area contributed by atoms with Crippen LogP contribution in [0.15, 0.2) is 72.8 Å². The largest absolute Gasteiger partial charge is 0.360 e. The molecule has 0 saturated carbocycles. The minimum absolute atomic E-state index is 0.103. The molecule has 3 nitrogen and oxygen atoms in total. The van der Waals surface area contributed by atoms with Gasteiger partial charge in [0.1, 0.15) is 12.0 Å². The monoisotopic (exact) mass is 360 g/mol. The van der Waals surface area contributed by atoms with Crippen LogP contribution in [0.5, 0.6) is 0 Å². The lowest BCUT2D eigenvalue weighted by Gasteiger charge is -2.38. The molecule has 1 heterocycles. The molecule has 0 aliphatic carbocycles. The highest BCUT2D eigenvalue weighted by Crippen LogP contribution is 2.36. The van der Waals surface area contributed by atoms with Gasteiger partial charge in [-0.1, -0.05) is 50.2 Å². The molecular weight excluding hydrogens is 339 g/mol. The van der Waals surface area contributed by atoms with Crippen molar-refractivity contribution in [2.75, 3.05) is 10.2 Å². The molecule has 4 rings (SSSR count). The molecule has 27 heavy (non-hydrogen) atoms. The van der Waals surface area contributed by atoms with Gasteiger partial charge in [-0.25, -0.2) is 4.39 Å². The van der Waals surface area contributed by atoms with Gasteiger partial charge in [0.05, 0.1) is 5.56 Å². The van der Waals surface area contributed by atoms with Gasteiger partial charge in [-0.05, 0) is 53.4 Å². The second-order valence-corrected chi connectivity index (χ2v) is 7.07. The maximum absolute atomic E-state index is 13.4. The first-order valence-electron chi connectivity index (χ1n) is 9.09. The Bertz CT molecular complexity index is 964. The van der Waals surface area contributed by atoms with E-state index >= 15 is 0 Å². The highest BCUT2D eigenvalue weighted by Gasteiger charge is 2.33. The maximum Gasteiger partial charge on any atom is 0.262 e. The van der Waals surface area contributed by atoms with Crippen LogP contribution in [0, 0.1) is 5.82 Å². The average molecular weight is 360 g/mol. The zero-order valence-electron chi connectivity index (χ0n) is 15.3. The normalized spacial score (nSPS) is 16.2. The Morgan fingerprint density at radius 1 is 0.926 bits per heavy atom. The quantitative estimate of drug-likeness (QED) is 0.648.